The third-order valence-corrected chi connectivity index (χ3v) is 11.7. The Morgan fingerprint density at radius 2 is 0.712 bits per heavy atom. The van der Waals surface area contributed by atoms with Crippen molar-refractivity contribution in [2.24, 2.45) is 0 Å². The van der Waals surface area contributed by atoms with Crippen molar-refractivity contribution in [2.45, 2.75) is 126 Å². The summed E-state index contributed by atoms with van der Waals surface area (Å²) in [7, 11) is 0. The average Bonchev–Trinajstić information content (AvgIpc) is 3.66. The van der Waals surface area contributed by atoms with E-state index in [1.807, 2.05) is 38.1 Å². The molecule has 59 heavy (non-hydrogen) atoms. The van der Waals surface area contributed by atoms with Gasteiger partial charge in [0.15, 0.2) is 0 Å². The molecule has 2 heterocycles. The first-order valence-corrected chi connectivity index (χ1v) is 20.7. The highest BCUT2D eigenvalue weighted by Crippen LogP contribution is 2.46. The van der Waals surface area contributed by atoms with Crippen molar-refractivity contribution >= 4 is 35.0 Å². The number of carbonyl (C=O) groups excluding carboxylic acids is 4. The normalized spacial score (nSPS) is 14.5. The lowest BCUT2D eigenvalue weighted by atomic mass is 9.70. The number of aryl methyl sites for hydroxylation is 4. The highest BCUT2D eigenvalue weighted by molar-refractivity contribution is 6.29. The van der Waals surface area contributed by atoms with Crippen molar-refractivity contribution in [2.75, 3.05) is 9.80 Å². The van der Waals surface area contributed by atoms with Gasteiger partial charge in [-0.1, -0.05) is 81.4 Å². The first-order chi connectivity index (χ1) is 27.6. The van der Waals surface area contributed by atoms with Crippen LogP contribution in [0.15, 0.2) is 72.8 Å². The Morgan fingerprint density at radius 1 is 0.407 bits per heavy atom. The summed E-state index contributed by atoms with van der Waals surface area (Å²) >= 11 is 0. The minimum Gasteiger partial charge on any atom is -0.457 e. The molecule has 0 N–H and O–H groups in total. The summed E-state index contributed by atoms with van der Waals surface area (Å²) in [6.45, 7) is 29.7. The number of imide groups is 2. The molecule has 4 aromatic rings. The van der Waals surface area contributed by atoms with Crippen LogP contribution >= 0.6 is 0 Å². The molecule has 0 spiro atoms. The van der Waals surface area contributed by atoms with E-state index in [0.717, 1.165) is 44.9 Å². The van der Waals surface area contributed by atoms with Gasteiger partial charge in [0.25, 0.3) is 23.6 Å². The Balaban J connectivity index is 1.38. The number of benzene rings is 4. The number of hydrogen-bond acceptors (Lipinski definition) is 6. The van der Waals surface area contributed by atoms with Crippen molar-refractivity contribution < 1.29 is 28.7 Å². The van der Waals surface area contributed by atoms with Crippen molar-refractivity contribution in [1.82, 2.24) is 0 Å². The zero-order valence-electron chi connectivity index (χ0n) is 37.1. The van der Waals surface area contributed by atoms with Gasteiger partial charge in [0, 0.05) is 29.7 Å². The number of anilines is 2. The van der Waals surface area contributed by atoms with Gasteiger partial charge in [0.2, 0.25) is 0 Å². The number of ether oxygens (including phenoxy) is 2. The molecule has 4 amide bonds. The van der Waals surface area contributed by atoms with Gasteiger partial charge < -0.3 is 9.47 Å². The smallest absolute Gasteiger partial charge is 0.258 e. The largest absolute Gasteiger partial charge is 0.457 e. The molecule has 0 saturated heterocycles. The van der Waals surface area contributed by atoms with Gasteiger partial charge in [-0.05, 0) is 143 Å². The molecule has 6 rings (SSSR count). The van der Waals surface area contributed by atoms with Crippen LogP contribution in [0.4, 0.5) is 11.4 Å². The van der Waals surface area contributed by atoms with Crippen LogP contribution in [-0.2, 0) is 24.6 Å². The van der Waals surface area contributed by atoms with Crippen LogP contribution in [-0.4, -0.2) is 23.6 Å². The molecular weight excluding hydrogens is 737 g/mol. The maximum absolute atomic E-state index is 12.6. The fourth-order valence-electron chi connectivity index (χ4n) is 8.26. The summed E-state index contributed by atoms with van der Waals surface area (Å²) in [6.07, 6.45) is 5.23. The quantitative estimate of drug-likeness (QED) is 0.133. The Morgan fingerprint density at radius 3 is 1.00 bits per heavy atom. The van der Waals surface area contributed by atoms with E-state index in [-0.39, 0.29) is 47.3 Å². The standard InChI is InChI=1S/C51H58N2O6/c1-27(2)35-25-43(58-45-21-31(9)41(23-37(45)29(5)6)52-47(54)15-16-48(52)55)33(11)19-39(35)51(13,14)40-20-34(12)44(26-36(40)28(3)4)59-46-22-32(10)42(24-38(46)30(7)8)53-49(56)17-18-50(53)57/h15-30H,1-14H3. The Hall–Kier alpha value is -5.76. The molecular formula is C51H58N2O6. The third kappa shape index (κ3) is 8.02. The molecule has 0 saturated carbocycles. The van der Waals surface area contributed by atoms with Crippen LogP contribution in [0.3, 0.4) is 0 Å². The number of amides is 4. The topological polar surface area (TPSA) is 93.2 Å². The maximum Gasteiger partial charge on any atom is 0.258 e. The number of carbonyl (C=O) groups is 4. The molecule has 4 aromatic carbocycles. The highest BCUT2D eigenvalue weighted by Gasteiger charge is 2.33. The van der Waals surface area contributed by atoms with Crippen LogP contribution in [0.1, 0.15) is 149 Å². The molecule has 8 heteroatoms. The summed E-state index contributed by atoms with van der Waals surface area (Å²) in [6, 6.07) is 16.6. The van der Waals surface area contributed by atoms with E-state index in [0.29, 0.717) is 22.9 Å². The lowest BCUT2D eigenvalue weighted by molar-refractivity contribution is -0.121. The van der Waals surface area contributed by atoms with Crippen molar-refractivity contribution in [3.8, 4) is 23.0 Å². The van der Waals surface area contributed by atoms with Crippen LogP contribution in [0.5, 0.6) is 23.0 Å². The second-order valence-corrected chi connectivity index (χ2v) is 17.9. The second kappa shape index (κ2) is 16.1. The van der Waals surface area contributed by atoms with Gasteiger partial charge in [-0.3, -0.25) is 19.2 Å². The van der Waals surface area contributed by atoms with Crippen LogP contribution in [0.2, 0.25) is 0 Å². The van der Waals surface area contributed by atoms with Gasteiger partial charge >= 0.3 is 0 Å². The molecule has 0 atom stereocenters. The summed E-state index contributed by atoms with van der Waals surface area (Å²) in [5.41, 5.74) is 10.9. The Bertz CT molecular complexity index is 2260. The zero-order valence-corrected chi connectivity index (χ0v) is 37.1. The molecule has 0 unspecified atom stereocenters. The first-order valence-electron chi connectivity index (χ1n) is 20.7. The zero-order chi connectivity index (χ0) is 43.4. The van der Waals surface area contributed by atoms with Crippen LogP contribution in [0, 0.1) is 27.7 Å². The maximum atomic E-state index is 12.6. The van der Waals surface area contributed by atoms with E-state index in [1.165, 1.54) is 56.4 Å². The third-order valence-electron chi connectivity index (χ3n) is 11.7. The minimum atomic E-state index is -0.403. The van der Waals surface area contributed by atoms with Crippen LogP contribution in [0.25, 0.3) is 0 Å². The molecule has 2 aliphatic rings. The monoisotopic (exact) mass is 794 g/mol. The number of rotatable bonds is 12. The number of nitrogens with zero attached hydrogens (tertiary/aromatic N) is 2. The highest BCUT2D eigenvalue weighted by atomic mass is 16.5. The van der Waals surface area contributed by atoms with Gasteiger partial charge in [0.05, 0.1) is 11.4 Å². The fourth-order valence-corrected chi connectivity index (χ4v) is 8.26. The van der Waals surface area contributed by atoms with Gasteiger partial charge in [-0.2, -0.15) is 0 Å². The summed E-state index contributed by atoms with van der Waals surface area (Å²) in [5.74, 6) is 2.08. The molecule has 0 fully saturated rings. The van der Waals surface area contributed by atoms with Crippen molar-refractivity contribution in [3.05, 3.63) is 128 Å². The molecule has 0 bridgehead atoms. The minimum absolute atomic E-state index is 0.0713. The van der Waals surface area contributed by atoms with E-state index in [9.17, 15) is 19.2 Å². The van der Waals surface area contributed by atoms with Gasteiger partial charge in [-0.15, -0.1) is 0 Å². The molecule has 308 valence electrons. The van der Waals surface area contributed by atoms with E-state index in [4.69, 9.17) is 9.47 Å². The SMILES string of the molecule is Cc1cc(C(C)(C)c2cc(C)c(Oc3cc(C)c(N4C(=O)C=CC4=O)cc3C(C)C)cc2C(C)C)c(C(C)C)cc1Oc1cc(C)c(N2C(=O)C=CC2=O)cc1C(C)C. The summed E-state index contributed by atoms with van der Waals surface area (Å²) < 4.78 is 13.6. The molecule has 0 aromatic heterocycles. The molecule has 8 nitrogen and oxygen atoms in total. The second-order valence-electron chi connectivity index (χ2n) is 17.9. The van der Waals surface area contributed by atoms with Crippen molar-refractivity contribution in [3.63, 3.8) is 0 Å². The van der Waals surface area contributed by atoms with Crippen molar-refractivity contribution in [1.29, 1.82) is 0 Å². The fraction of sp³-hybridized carbons (Fsp3) is 0.373. The van der Waals surface area contributed by atoms with E-state index >= 15 is 0 Å². The Kier molecular flexibility index (Phi) is 11.7. The van der Waals surface area contributed by atoms with Gasteiger partial charge in [-0.25, -0.2) is 9.80 Å². The predicted octanol–water partition coefficient (Wildman–Crippen LogP) is 12.2. The van der Waals surface area contributed by atoms with E-state index in [2.05, 4.69) is 107 Å². The first kappa shape index (κ1) is 42.8. The molecule has 0 radical (unpaired) electrons. The van der Waals surface area contributed by atoms with E-state index in [1.54, 1.807) is 0 Å². The summed E-state index contributed by atoms with van der Waals surface area (Å²) in [4.78, 5) is 52.8. The summed E-state index contributed by atoms with van der Waals surface area (Å²) in [5, 5.41) is 0. The molecule has 0 aliphatic carbocycles. The molecule has 2 aliphatic heterocycles. The van der Waals surface area contributed by atoms with Gasteiger partial charge in [0.1, 0.15) is 23.0 Å². The number of hydrogen-bond donors (Lipinski definition) is 0. The lowest BCUT2D eigenvalue weighted by Gasteiger charge is -2.34. The van der Waals surface area contributed by atoms with Crippen LogP contribution < -0.4 is 19.3 Å². The lowest BCUT2D eigenvalue weighted by Crippen LogP contribution is -2.30. The average molecular weight is 795 g/mol. The Labute approximate surface area is 349 Å². The van der Waals surface area contributed by atoms with E-state index < -0.39 is 5.41 Å². The predicted molar refractivity (Wildman–Crippen MR) is 237 cm³/mol.